The molecule has 0 spiro atoms. The van der Waals surface area contributed by atoms with Crippen molar-refractivity contribution in [3.63, 3.8) is 0 Å². The minimum Gasteiger partial charge on any atom is -0.496 e. The Morgan fingerprint density at radius 1 is 1.14 bits per heavy atom. The molecule has 0 radical (unpaired) electrons. The van der Waals surface area contributed by atoms with Crippen molar-refractivity contribution in [2.45, 2.75) is 13.2 Å². The molecule has 0 amide bonds. The summed E-state index contributed by atoms with van der Waals surface area (Å²) in [5, 5.41) is 3.60. The number of halogens is 2. The van der Waals surface area contributed by atoms with Crippen LogP contribution in [0.15, 0.2) is 40.2 Å². The number of azide groups is 1. The Morgan fingerprint density at radius 3 is 2.61 bits per heavy atom. The minimum absolute atomic E-state index is 0.0757. The van der Waals surface area contributed by atoms with Crippen LogP contribution in [0.5, 0.6) is 23.1 Å². The van der Waals surface area contributed by atoms with E-state index in [4.69, 9.17) is 36.1 Å². The van der Waals surface area contributed by atoms with Gasteiger partial charge in [0.25, 0.3) is 0 Å². The molecule has 0 saturated heterocycles. The molecule has 36 heavy (non-hydrogen) atoms. The first-order chi connectivity index (χ1) is 17.4. The lowest BCUT2D eigenvalue weighted by Crippen LogP contribution is -2.16. The normalized spacial score (nSPS) is 10.7. The summed E-state index contributed by atoms with van der Waals surface area (Å²) in [6.45, 7) is -0.361. The summed E-state index contributed by atoms with van der Waals surface area (Å²) in [4.78, 5) is 26.8. The maximum atomic E-state index is 14.4. The molecule has 0 bridgehead atoms. The predicted molar refractivity (Wildman–Crippen MR) is 128 cm³/mol. The van der Waals surface area contributed by atoms with Gasteiger partial charge in [0.15, 0.2) is 17.1 Å². The van der Waals surface area contributed by atoms with E-state index in [1.165, 1.54) is 50.2 Å². The number of fused-ring (bicyclic) bond motifs is 1. The van der Waals surface area contributed by atoms with Gasteiger partial charge in [0.2, 0.25) is 5.88 Å². The highest BCUT2D eigenvalue weighted by atomic mass is 35.5. The fraction of sp³-hybridized carbons (Fsp3) is 0.227. The molecule has 0 fully saturated rings. The number of benzene rings is 2. The fourth-order valence-electron chi connectivity index (χ4n) is 3.53. The zero-order valence-corrected chi connectivity index (χ0v) is 20.0. The second-order valence-corrected chi connectivity index (χ2v) is 7.57. The van der Waals surface area contributed by atoms with E-state index in [2.05, 4.69) is 25.0 Å². The average Bonchev–Trinajstić information content (AvgIpc) is 3.21. The van der Waals surface area contributed by atoms with E-state index in [1.807, 2.05) is 0 Å². The van der Waals surface area contributed by atoms with Gasteiger partial charge in [-0.1, -0.05) is 22.8 Å². The number of hydrogen-bond donors (Lipinski definition) is 1. The molecular formula is C22H19ClFN7O5. The number of nitrogens with one attached hydrogen (secondary N) is 1. The summed E-state index contributed by atoms with van der Waals surface area (Å²) in [5.41, 5.74) is 8.77. The number of aromatic nitrogens is 4. The molecule has 14 heteroatoms. The van der Waals surface area contributed by atoms with Crippen LogP contribution >= 0.6 is 11.6 Å². The maximum Gasteiger partial charge on any atom is 0.332 e. The van der Waals surface area contributed by atoms with Crippen LogP contribution in [0.2, 0.25) is 5.02 Å². The maximum absolute atomic E-state index is 14.4. The van der Waals surface area contributed by atoms with Gasteiger partial charge in [-0.25, -0.2) is 18.7 Å². The fourth-order valence-corrected chi connectivity index (χ4v) is 3.77. The van der Waals surface area contributed by atoms with Gasteiger partial charge in [-0.3, -0.25) is 4.98 Å². The summed E-state index contributed by atoms with van der Waals surface area (Å²) < 4.78 is 37.3. The standard InChI is InChI=1S/C22H19ClFN7O5/c1-33-15-6-4-5-13(24)11(15)10-36-17-8-14(12(23)7-16(17)34-2)31-20-19(29-22(31)32)21(35-3)28-18(27-20)9-26-30-25/h4-8H,9-10H2,1-3H3,(H,29,32). The molecule has 2 aromatic heterocycles. The summed E-state index contributed by atoms with van der Waals surface area (Å²) in [6.07, 6.45) is 0. The Hall–Kier alpha value is -4.48. The number of methoxy groups -OCH3 is 3. The smallest absolute Gasteiger partial charge is 0.332 e. The molecule has 186 valence electrons. The van der Waals surface area contributed by atoms with E-state index in [9.17, 15) is 9.18 Å². The van der Waals surface area contributed by atoms with Gasteiger partial charge in [-0.05, 0) is 17.7 Å². The third-order valence-electron chi connectivity index (χ3n) is 5.16. The van der Waals surface area contributed by atoms with E-state index in [-0.39, 0.29) is 63.8 Å². The first-order valence-electron chi connectivity index (χ1n) is 10.3. The van der Waals surface area contributed by atoms with Crippen molar-refractivity contribution >= 4 is 22.8 Å². The van der Waals surface area contributed by atoms with E-state index < -0.39 is 11.5 Å². The van der Waals surface area contributed by atoms with Crippen molar-refractivity contribution in [1.29, 1.82) is 0 Å². The van der Waals surface area contributed by atoms with Crippen molar-refractivity contribution in [2.75, 3.05) is 21.3 Å². The van der Waals surface area contributed by atoms with Gasteiger partial charge >= 0.3 is 5.69 Å². The van der Waals surface area contributed by atoms with Gasteiger partial charge in [-0.15, -0.1) is 0 Å². The quantitative estimate of drug-likeness (QED) is 0.198. The highest BCUT2D eigenvalue weighted by Crippen LogP contribution is 2.37. The summed E-state index contributed by atoms with van der Waals surface area (Å²) in [5.74, 6) is 0.436. The van der Waals surface area contributed by atoms with Crippen LogP contribution in [0.3, 0.4) is 0 Å². The highest BCUT2D eigenvalue weighted by Gasteiger charge is 2.21. The number of imidazole rings is 1. The molecule has 0 atom stereocenters. The van der Waals surface area contributed by atoms with E-state index in [0.29, 0.717) is 5.75 Å². The number of aromatic amines is 1. The van der Waals surface area contributed by atoms with E-state index in [1.54, 1.807) is 6.07 Å². The molecule has 2 aromatic carbocycles. The molecule has 0 unspecified atom stereocenters. The van der Waals surface area contributed by atoms with E-state index in [0.717, 1.165) is 0 Å². The predicted octanol–water partition coefficient (Wildman–Crippen LogP) is 4.32. The first kappa shape index (κ1) is 24.6. The van der Waals surface area contributed by atoms with Crippen LogP contribution in [-0.2, 0) is 13.2 Å². The SMILES string of the molecule is COc1cc(Cl)c(-n2c(=O)[nH]c3c(OC)nc(CN=[N+]=[N-])nc32)cc1OCc1c(F)cccc1OC. The lowest BCUT2D eigenvalue weighted by atomic mass is 10.2. The van der Waals surface area contributed by atoms with Crippen LogP contribution in [0.1, 0.15) is 11.4 Å². The molecule has 0 aliphatic heterocycles. The third kappa shape index (κ3) is 4.57. The zero-order valence-electron chi connectivity index (χ0n) is 19.3. The molecule has 2 heterocycles. The van der Waals surface area contributed by atoms with Crippen molar-refractivity contribution in [1.82, 2.24) is 19.5 Å². The Labute approximate surface area is 207 Å². The molecule has 0 aliphatic rings. The topological polar surface area (TPSA) is 149 Å². The third-order valence-corrected chi connectivity index (χ3v) is 5.46. The Morgan fingerprint density at radius 2 is 1.92 bits per heavy atom. The monoisotopic (exact) mass is 515 g/mol. The van der Waals surface area contributed by atoms with Crippen molar-refractivity contribution in [2.24, 2.45) is 5.11 Å². The van der Waals surface area contributed by atoms with Crippen LogP contribution in [0.4, 0.5) is 4.39 Å². The summed E-state index contributed by atoms with van der Waals surface area (Å²) in [6, 6.07) is 7.34. The van der Waals surface area contributed by atoms with Gasteiger partial charge < -0.3 is 18.9 Å². The zero-order chi connectivity index (χ0) is 25.8. The van der Waals surface area contributed by atoms with Crippen LogP contribution < -0.4 is 24.6 Å². The van der Waals surface area contributed by atoms with Crippen LogP contribution in [-0.4, -0.2) is 40.8 Å². The van der Waals surface area contributed by atoms with E-state index >= 15 is 0 Å². The van der Waals surface area contributed by atoms with Gasteiger partial charge in [0.05, 0.1) is 44.1 Å². The second-order valence-electron chi connectivity index (χ2n) is 7.17. The average molecular weight is 516 g/mol. The lowest BCUT2D eigenvalue weighted by Gasteiger charge is -2.16. The Balaban J connectivity index is 1.84. The number of ether oxygens (including phenoxy) is 4. The molecule has 12 nitrogen and oxygen atoms in total. The summed E-state index contributed by atoms with van der Waals surface area (Å²) >= 11 is 6.50. The van der Waals surface area contributed by atoms with Crippen molar-refractivity contribution < 1.29 is 23.3 Å². The molecule has 0 saturated carbocycles. The van der Waals surface area contributed by atoms with Gasteiger partial charge in [0.1, 0.15) is 29.5 Å². The molecule has 4 aromatic rings. The van der Waals surface area contributed by atoms with Crippen LogP contribution in [0.25, 0.3) is 27.3 Å². The highest BCUT2D eigenvalue weighted by molar-refractivity contribution is 6.32. The van der Waals surface area contributed by atoms with Crippen LogP contribution in [0, 0.1) is 5.82 Å². The largest absolute Gasteiger partial charge is 0.496 e. The molecular weight excluding hydrogens is 497 g/mol. The second kappa shape index (κ2) is 10.4. The lowest BCUT2D eigenvalue weighted by molar-refractivity contribution is 0.272. The number of nitrogens with zero attached hydrogens (tertiary/aromatic N) is 6. The van der Waals surface area contributed by atoms with Gasteiger partial charge in [-0.2, -0.15) is 4.98 Å². The Bertz CT molecular complexity index is 1550. The minimum atomic E-state index is -0.590. The number of rotatable bonds is 9. The van der Waals surface area contributed by atoms with Crippen molar-refractivity contribution in [3.8, 4) is 28.8 Å². The molecule has 4 rings (SSSR count). The first-order valence-corrected chi connectivity index (χ1v) is 10.7. The number of H-pyrrole nitrogens is 1. The van der Waals surface area contributed by atoms with Crippen molar-refractivity contribution in [3.05, 3.63) is 73.5 Å². The molecule has 1 N–H and O–H groups in total. The summed E-state index contributed by atoms with van der Waals surface area (Å²) in [7, 11) is 4.22. The Kier molecular flexibility index (Phi) is 7.13. The van der Waals surface area contributed by atoms with Gasteiger partial charge in [0, 0.05) is 17.0 Å². The molecule has 0 aliphatic carbocycles. The number of hydrogen-bond acceptors (Lipinski definition) is 8.